The zero-order valence-electron chi connectivity index (χ0n) is 16.7. The summed E-state index contributed by atoms with van der Waals surface area (Å²) >= 11 is 0. The Morgan fingerprint density at radius 3 is 2.20 bits per heavy atom. The number of aliphatic carboxylic acids is 1. The number of nitrogens with one attached hydrogen (secondary N) is 1. The van der Waals surface area contributed by atoms with Crippen LogP contribution in [0.4, 0.5) is 0 Å². The average molecular weight is 427 g/mol. The first-order valence-electron chi connectivity index (χ1n) is 9.96. The van der Waals surface area contributed by atoms with Crippen molar-refractivity contribution in [1.82, 2.24) is 15.1 Å². The van der Waals surface area contributed by atoms with E-state index in [-0.39, 0.29) is 12.8 Å². The highest BCUT2D eigenvalue weighted by Crippen LogP contribution is 2.25. The van der Waals surface area contributed by atoms with E-state index in [4.69, 9.17) is 16.6 Å². The van der Waals surface area contributed by atoms with Gasteiger partial charge in [-0.25, -0.2) is 4.79 Å². The van der Waals surface area contributed by atoms with Gasteiger partial charge in [0.1, 0.15) is 24.2 Å². The third kappa shape index (κ3) is 5.45. The van der Waals surface area contributed by atoms with Crippen LogP contribution in [-0.4, -0.2) is 93.5 Å². The number of carbonyl (C=O) groups is 5. The van der Waals surface area contributed by atoms with Crippen molar-refractivity contribution in [2.24, 2.45) is 11.5 Å². The first-order chi connectivity index (χ1) is 14.2. The molecule has 2 aliphatic heterocycles. The molecule has 0 aromatic heterocycles. The summed E-state index contributed by atoms with van der Waals surface area (Å²) in [6.45, 7) is 0.106. The summed E-state index contributed by atoms with van der Waals surface area (Å²) in [6, 6.07) is -4.04. The van der Waals surface area contributed by atoms with Crippen LogP contribution >= 0.6 is 0 Å². The van der Waals surface area contributed by atoms with Gasteiger partial charge in [0.05, 0.1) is 6.61 Å². The van der Waals surface area contributed by atoms with Crippen molar-refractivity contribution in [3.63, 3.8) is 0 Å². The number of rotatable bonds is 9. The van der Waals surface area contributed by atoms with Crippen molar-refractivity contribution < 1.29 is 34.2 Å². The molecule has 4 amide bonds. The molecule has 0 spiro atoms. The van der Waals surface area contributed by atoms with Crippen molar-refractivity contribution in [1.29, 1.82) is 0 Å². The molecule has 4 unspecified atom stereocenters. The van der Waals surface area contributed by atoms with E-state index >= 15 is 0 Å². The molecule has 12 heteroatoms. The van der Waals surface area contributed by atoms with E-state index < -0.39 is 60.4 Å². The highest BCUT2D eigenvalue weighted by Gasteiger charge is 2.43. The zero-order valence-corrected chi connectivity index (χ0v) is 16.7. The molecular formula is C18H29N5O7. The standard InChI is InChI=1S/C18H29N5O7/c19-10(9-24)16(27)23-8-2-4-13(23)17(28)22-7-1-3-12(22)15(26)21-11(18(29)30)5-6-14(20)25/h10-13,24H,1-9,19H2,(H2,20,25)(H,21,26)(H,29,30). The Bertz CT molecular complexity index is 700. The maximum atomic E-state index is 13.1. The molecule has 0 aliphatic carbocycles. The second-order valence-electron chi connectivity index (χ2n) is 7.57. The maximum absolute atomic E-state index is 13.1. The van der Waals surface area contributed by atoms with Gasteiger partial charge in [-0.15, -0.1) is 0 Å². The second-order valence-corrected chi connectivity index (χ2v) is 7.57. The van der Waals surface area contributed by atoms with Crippen molar-refractivity contribution >= 4 is 29.6 Å². The number of carboxylic acid groups (broad SMARTS) is 1. The minimum Gasteiger partial charge on any atom is -0.480 e. The van der Waals surface area contributed by atoms with Crippen molar-refractivity contribution in [2.45, 2.75) is 62.7 Å². The van der Waals surface area contributed by atoms with Crippen molar-refractivity contribution in [3.8, 4) is 0 Å². The molecule has 30 heavy (non-hydrogen) atoms. The fraction of sp³-hybridized carbons (Fsp3) is 0.722. The number of amides is 4. The number of nitrogens with two attached hydrogens (primary N) is 2. The Labute approximate surface area is 173 Å². The highest BCUT2D eigenvalue weighted by atomic mass is 16.4. The predicted octanol–water partition coefficient (Wildman–Crippen LogP) is -2.88. The Morgan fingerprint density at radius 1 is 1.03 bits per heavy atom. The van der Waals surface area contributed by atoms with E-state index in [1.165, 1.54) is 9.80 Å². The number of aliphatic hydroxyl groups is 1. The zero-order chi connectivity index (χ0) is 22.4. The van der Waals surface area contributed by atoms with Gasteiger partial charge in [-0.2, -0.15) is 0 Å². The van der Waals surface area contributed by atoms with Crippen LogP contribution < -0.4 is 16.8 Å². The Balaban J connectivity index is 2.07. The molecule has 0 saturated carbocycles. The summed E-state index contributed by atoms with van der Waals surface area (Å²) in [6.07, 6.45) is 1.58. The number of aliphatic hydroxyl groups excluding tert-OH is 1. The van der Waals surface area contributed by atoms with Gasteiger partial charge in [0.25, 0.3) is 0 Å². The van der Waals surface area contributed by atoms with Gasteiger partial charge in [-0.3, -0.25) is 19.2 Å². The SMILES string of the molecule is NC(=O)CCC(NC(=O)C1CCCN1C(=O)C1CCCN1C(=O)C(N)CO)C(=O)O. The average Bonchev–Trinajstić information content (AvgIpc) is 3.38. The number of primary amides is 1. The van der Waals surface area contributed by atoms with Gasteiger partial charge in [0, 0.05) is 19.5 Å². The van der Waals surface area contributed by atoms with Crippen LogP contribution in [0.3, 0.4) is 0 Å². The van der Waals surface area contributed by atoms with Gasteiger partial charge >= 0.3 is 5.97 Å². The van der Waals surface area contributed by atoms with E-state index in [1.54, 1.807) is 0 Å². The summed E-state index contributed by atoms with van der Waals surface area (Å²) in [7, 11) is 0. The monoisotopic (exact) mass is 427 g/mol. The van der Waals surface area contributed by atoms with Gasteiger partial charge in [-0.1, -0.05) is 0 Å². The lowest BCUT2D eigenvalue weighted by Gasteiger charge is -2.32. The first kappa shape index (κ1) is 23.5. The smallest absolute Gasteiger partial charge is 0.326 e. The molecule has 168 valence electrons. The summed E-state index contributed by atoms with van der Waals surface area (Å²) in [5.74, 6) is -3.52. The maximum Gasteiger partial charge on any atom is 0.326 e. The minimum absolute atomic E-state index is 0.152. The molecule has 0 radical (unpaired) electrons. The molecule has 7 N–H and O–H groups in total. The third-order valence-electron chi connectivity index (χ3n) is 5.47. The molecule has 2 rings (SSSR count). The number of carbonyl (C=O) groups excluding carboxylic acids is 4. The molecular weight excluding hydrogens is 398 g/mol. The van der Waals surface area contributed by atoms with Crippen LogP contribution in [0.15, 0.2) is 0 Å². The predicted molar refractivity (Wildman–Crippen MR) is 103 cm³/mol. The Hall–Kier alpha value is -2.73. The number of likely N-dealkylation sites (tertiary alicyclic amines) is 2. The Morgan fingerprint density at radius 2 is 1.63 bits per heavy atom. The van der Waals surface area contributed by atoms with Crippen LogP contribution in [0.5, 0.6) is 0 Å². The Kier molecular flexibility index (Phi) is 8.12. The van der Waals surface area contributed by atoms with Gasteiger partial charge in [-0.05, 0) is 32.1 Å². The number of nitrogens with zero attached hydrogens (tertiary/aromatic N) is 2. The minimum atomic E-state index is -1.30. The molecule has 4 atom stereocenters. The number of carboxylic acids is 1. The van der Waals surface area contributed by atoms with E-state index in [9.17, 15) is 29.1 Å². The van der Waals surface area contributed by atoms with Crippen molar-refractivity contribution in [3.05, 3.63) is 0 Å². The summed E-state index contributed by atoms with van der Waals surface area (Å²) in [5.41, 5.74) is 10.6. The molecule has 2 aliphatic rings. The second kappa shape index (κ2) is 10.3. The quantitative estimate of drug-likeness (QED) is 0.258. The fourth-order valence-electron chi connectivity index (χ4n) is 3.88. The number of hydrogen-bond donors (Lipinski definition) is 5. The van der Waals surface area contributed by atoms with Crippen LogP contribution in [-0.2, 0) is 24.0 Å². The van der Waals surface area contributed by atoms with Crippen LogP contribution in [0, 0.1) is 0 Å². The largest absolute Gasteiger partial charge is 0.480 e. The first-order valence-corrected chi connectivity index (χ1v) is 9.96. The van der Waals surface area contributed by atoms with E-state index in [1.807, 2.05) is 0 Å². The van der Waals surface area contributed by atoms with Gasteiger partial charge < -0.3 is 36.8 Å². The molecule has 0 bridgehead atoms. The molecule has 12 nitrogen and oxygen atoms in total. The number of hydrogen-bond acceptors (Lipinski definition) is 7. The van der Waals surface area contributed by atoms with Crippen LogP contribution in [0.2, 0.25) is 0 Å². The van der Waals surface area contributed by atoms with Crippen LogP contribution in [0.1, 0.15) is 38.5 Å². The molecule has 0 aromatic carbocycles. The van der Waals surface area contributed by atoms with Gasteiger partial charge in [0.2, 0.25) is 23.6 Å². The van der Waals surface area contributed by atoms with E-state index in [0.717, 1.165) is 0 Å². The van der Waals surface area contributed by atoms with E-state index in [2.05, 4.69) is 5.32 Å². The molecule has 2 saturated heterocycles. The lowest BCUT2D eigenvalue weighted by molar-refractivity contribution is -0.148. The summed E-state index contributed by atoms with van der Waals surface area (Å²) in [5, 5.41) is 20.8. The normalized spacial score (nSPS) is 23.1. The van der Waals surface area contributed by atoms with Crippen LogP contribution in [0.25, 0.3) is 0 Å². The third-order valence-corrected chi connectivity index (χ3v) is 5.47. The molecule has 0 aromatic rings. The molecule has 2 heterocycles. The fourth-order valence-corrected chi connectivity index (χ4v) is 3.88. The highest BCUT2D eigenvalue weighted by molar-refractivity contribution is 5.95. The lowest BCUT2D eigenvalue weighted by Crippen LogP contribution is -2.56. The topological polar surface area (TPSA) is 196 Å². The molecule has 2 fully saturated rings. The summed E-state index contributed by atoms with van der Waals surface area (Å²) < 4.78 is 0. The van der Waals surface area contributed by atoms with E-state index in [0.29, 0.717) is 38.8 Å². The lowest BCUT2D eigenvalue weighted by atomic mass is 10.1. The summed E-state index contributed by atoms with van der Waals surface area (Å²) in [4.78, 5) is 63.1. The van der Waals surface area contributed by atoms with Gasteiger partial charge in [0.15, 0.2) is 0 Å². The van der Waals surface area contributed by atoms with Crippen molar-refractivity contribution in [2.75, 3.05) is 19.7 Å².